The molecule has 1 aromatic heterocycles. The minimum Gasteiger partial charge on any atom is -0.481 e. The fourth-order valence-electron chi connectivity index (χ4n) is 3.09. The average molecular weight is 328 g/mol. The molecule has 1 atom stereocenters. The minimum atomic E-state index is -0.776. The minimum absolute atomic E-state index is 0.000153. The first kappa shape index (κ1) is 16.2. The zero-order chi connectivity index (χ0) is 16.9. The van der Waals surface area contributed by atoms with Gasteiger partial charge in [-0.15, -0.1) is 0 Å². The molecule has 3 rings (SSSR count). The van der Waals surface area contributed by atoms with Gasteiger partial charge in [0.1, 0.15) is 12.7 Å². The normalized spacial score (nSPS) is 17.7. The van der Waals surface area contributed by atoms with E-state index in [2.05, 4.69) is 10.1 Å². The molecule has 1 amide bonds. The molecule has 0 unspecified atom stereocenters. The number of piperidine rings is 1. The Kier molecular flexibility index (Phi) is 4.88. The summed E-state index contributed by atoms with van der Waals surface area (Å²) in [5, 5.41) is 12.9. The molecule has 7 heteroatoms. The van der Waals surface area contributed by atoms with Gasteiger partial charge in [0.15, 0.2) is 0 Å². The third kappa shape index (κ3) is 3.79. The van der Waals surface area contributed by atoms with E-state index in [0.29, 0.717) is 18.5 Å². The van der Waals surface area contributed by atoms with E-state index < -0.39 is 5.97 Å². The van der Waals surface area contributed by atoms with Crippen LogP contribution in [0.2, 0.25) is 0 Å². The SMILES string of the molecule is O=C(O)CC[C@@H]1CCCN(C(=O)c2ccc(-n3cncn3)cc2)C1. The Balaban J connectivity index is 1.64. The number of aromatic nitrogens is 3. The van der Waals surface area contributed by atoms with Crippen molar-refractivity contribution >= 4 is 11.9 Å². The number of carbonyl (C=O) groups excluding carboxylic acids is 1. The van der Waals surface area contributed by atoms with Crippen LogP contribution in [0.3, 0.4) is 0 Å². The van der Waals surface area contributed by atoms with Crippen molar-refractivity contribution in [1.29, 1.82) is 0 Å². The molecule has 1 N–H and O–H groups in total. The maximum absolute atomic E-state index is 12.7. The van der Waals surface area contributed by atoms with Gasteiger partial charge in [0.25, 0.3) is 5.91 Å². The monoisotopic (exact) mass is 328 g/mol. The first-order valence-corrected chi connectivity index (χ1v) is 8.09. The van der Waals surface area contributed by atoms with Crippen LogP contribution in [0.5, 0.6) is 0 Å². The summed E-state index contributed by atoms with van der Waals surface area (Å²) in [7, 11) is 0. The van der Waals surface area contributed by atoms with Gasteiger partial charge in [-0.25, -0.2) is 9.67 Å². The predicted octanol–water partition coefficient (Wildman–Crippen LogP) is 1.98. The molecule has 1 aromatic carbocycles. The molecule has 7 nitrogen and oxygen atoms in total. The van der Waals surface area contributed by atoms with Gasteiger partial charge in [-0.3, -0.25) is 9.59 Å². The first-order valence-electron chi connectivity index (χ1n) is 8.09. The summed E-state index contributed by atoms with van der Waals surface area (Å²) < 4.78 is 1.64. The van der Waals surface area contributed by atoms with Crippen molar-refractivity contribution in [3.05, 3.63) is 42.5 Å². The molecule has 1 fully saturated rings. The number of carboxylic acids is 1. The summed E-state index contributed by atoms with van der Waals surface area (Å²) in [4.78, 5) is 29.1. The Morgan fingerprint density at radius 2 is 2.04 bits per heavy atom. The number of likely N-dealkylation sites (tertiary alicyclic amines) is 1. The molecular formula is C17H20N4O3. The molecule has 0 saturated carbocycles. The number of hydrogen-bond acceptors (Lipinski definition) is 4. The highest BCUT2D eigenvalue weighted by atomic mass is 16.4. The van der Waals surface area contributed by atoms with Gasteiger partial charge in [0, 0.05) is 25.1 Å². The molecule has 0 bridgehead atoms. The van der Waals surface area contributed by atoms with Crippen LogP contribution in [0.4, 0.5) is 0 Å². The Hall–Kier alpha value is -2.70. The van der Waals surface area contributed by atoms with Crippen molar-refractivity contribution in [3.63, 3.8) is 0 Å². The van der Waals surface area contributed by atoms with Crippen LogP contribution in [0.25, 0.3) is 5.69 Å². The van der Waals surface area contributed by atoms with Gasteiger partial charge in [0.05, 0.1) is 5.69 Å². The highest BCUT2D eigenvalue weighted by molar-refractivity contribution is 5.94. The standard InChI is InChI=1S/C17H20N4O3/c22-16(23)8-3-13-2-1-9-20(10-13)17(24)14-4-6-15(7-5-14)21-12-18-11-19-21/h4-7,11-13H,1-3,8-10H2,(H,22,23)/t13-/m0/s1. The Morgan fingerprint density at radius 3 is 2.71 bits per heavy atom. The average Bonchev–Trinajstić information content (AvgIpc) is 3.14. The molecule has 1 saturated heterocycles. The summed E-state index contributed by atoms with van der Waals surface area (Å²) in [5.74, 6) is -0.504. The zero-order valence-corrected chi connectivity index (χ0v) is 13.3. The second-order valence-electron chi connectivity index (χ2n) is 6.08. The molecule has 2 heterocycles. The molecule has 24 heavy (non-hydrogen) atoms. The topological polar surface area (TPSA) is 88.3 Å². The van der Waals surface area contributed by atoms with E-state index in [1.54, 1.807) is 23.1 Å². The quantitative estimate of drug-likeness (QED) is 0.906. The second-order valence-corrected chi connectivity index (χ2v) is 6.08. The molecule has 1 aliphatic rings. The lowest BCUT2D eigenvalue weighted by atomic mass is 9.93. The van der Waals surface area contributed by atoms with E-state index in [1.165, 1.54) is 6.33 Å². The molecule has 0 spiro atoms. The van der Waals surface area contributed by atoms with Crippen LogP contribution in [-0.4, -0.2) is 49.7 Å². The third-order valence-electron chi connectivity index (χ3n) is 4.37. The van der Waals surface area contributed by atoms with Crippen LogP contribution in [-0.2, 0) is 4.79 Å². The number of carboxylic acid groups (broad SMARTS) is 1. The lowest BCUT2D eigenvalue weighted by Gasteiger charge is -2.32. The fourth-order valence-corrected chi connectivity index (χ4v) is 3.09. The maximum Gasteiger partial charge on any atom is 0.303 e. The fraction of sp³-hybridized carbons (Fsp3) is 0.412. The molecule has 0 aliphatic carbocycles. The molecular weight excluding hydrogens is 308 g/mol. The van der Waals surface area contributed by atoms with Gasteiger partial charge in [-0.2, -0.15) is 5.10 Å². The van der Waals surface area contributed by atoms with Crippen LogP contribution in [0.1, 0.15) is 36.0 Å². The smallest absolute Gasteiger partial charge is 0.303 e. The predicted molar refractivity (Wildman–Crippen MR) is 86.9 cm³/mol. The molecule has 1 aliphatic heterocycles. The summed E-state index contributed by atoms with van der Waals surface area (Å²) in [6.45, 7) is 1.37. The number of carbonyl (C=O) groups is 2. The Bertz CT molecular complexity index is 697. The number of benzene rings is 1. The number of nitrogens with zero attached hydrogens (tertiary/aromatic N) is 4. The summed E-state index contributed by atoms with van der Waals surface area (Å²) in [5.41, 5.74) is 1.49. The molecule has 0 radical (unpaired) electrons. The summed E-state index contributed by atoms with van der Waals surface area (Å²) >= 11 is 0. The Labute approximate surface area is 139 Å². The Morgan fingerprint density at radius 1 is 1.25 bits per heavy atom. The summed E-state index contributed by atoms with van der Waals surface area (Å²) in [6, 6.07) is 7.27. The van der Waals surface area contributed by atoms with E-state index >= 15 is 0 Å². The zero-order valence-electron chi connectivity index (χ0n) is 13.3. The first-order chi connectivity index (χ1) is 11.6. The number of hydrogen-bond donors (Lipinski definition) is 1. The van der Waals surface area contributed by atoms with E-state index in [9.17, 15) is 9.59 Å². The van der Waals surface area contributed by atoms with Gasteiger partial charge >= 0.3 is 5.97 Å². The van der Waals surface area contributed by atoms with Crippen molar-refractivity contribution in [2.45, 2.75) is 25.7 Å². The van der Waals surface area contributed by atoms with Crippen LogP contribution in [0, 0.1) is 5.92 Å². The largest absolute Gasteiger partial charge is 0.481 e. The highest BCUT2D eigenvalue weighted by Gasteiger charge is 2.24. The third-order valence-corrected chi connectivity index (χ3v) is 4.37. The highest BCUT2D eigenvalue weighted by Crippen LogP contribution is 2.22. The maximum atomic E-state index is 12.7. The molecule has 126 valence electrons. The van der Waals surface area contributed by atoms with Crippen LogP contribution < -0.4 is 0 Å². The van der Waals surface area contributed by atoms with E-state index in [4.69, 9.17) is 5.11 Å². The van der Waals surface area contributed by atoms with Gasteiger partial charge in [-0.05, 0) is 49.4 Å². The van der Waals surface area contributed by atoms with Crippen molar-refractivity contribution in [2.24, 2.45) is 5.92 Å². The van der Waals surface area contributed by atoms with Crippen LogP contribution >= 0.6 is 0 Å². The lowest BCUT2D eigenvalue weighted by Crippen LogP contribution is -2.40. The van der Waals surface area contributed by atoms with Gasteiger partial charge in [0.2, 0.25) is 0 Å². The van der Waals surface area contributed by atoms with E-state index in [1.807, 2.05) is 17.0 Å². The van der Waals surface area contributed by atoms with E-state index in [-0.39, 0.29) is 18.2 Å². The summed E-state index contributed by atoms with van der Waals surface area (Å²) in [6.07, 6.45) is 5.78. The molecule has 2 aromatic rings. The van der Waals surface area contributed by atoms with Gasteiger partial charge < -0.3 is 10.0 Å². The number of amides is 1. The number of aliphatic carboxylic acids is 1. The van der Waals surface area contributed by atoms with Crippen molar-refractivity contribution in [3.8, 4) is 5.69 Å². The van der Waals surface area contributed by atoms with Crippen molar-refractivity contribution < 1.29 is 14.7 Å². The van der Waals surface area contributed by atoms with Crippen LogP contribution in [0.15, 0.2) is 36.9 Å². The van der Waals surface area contributed by atoms with E-state index in [0.717, 1.165) is 25.1 Å². The lowest BCUT2D eigenvalue weighted by molar-refractivity contribution is -0.137. The number of rotatable bonds is 5. The van der Waals surface area contributed by atoms with Crippen molar-refractivity contribution in [1.82, 2.24) is 19.7 Å². The second kappa shape index (κ2) is 7.25. The van der Waals surface area contributed by atoms with Gasteiger partial charge in [-0.1, -0.05) is 0 Å². The van der Waals surface area contributed by atoms with Crippen molar-refractivity contribution in [2.75, 3.05) is 13.1 Å².